The molecule has 0 radical (unpaired) electrons. The van der Waals surface area contributed by atoms with Gasteiger partial charge in [-0.2, -0.15) is 0 Å². The van der Waals surface area contributed by atoms with Gasteiger partial charge in [-0.1, -0.05) is 36.4 Å². The monoisotopic (exact) mass is 285 g/mol. The molecule has 0 saturated heterocycles. The third-order valence-electron chi connectivity index (χ3n) is 3.13. The van der Waals surface area contributed by atoms with Crippen molar-refractivity contribution in [2.75, 3.05) is 25.1 Å². The summed E-state index contributed by atoms with van der Waals surface area (Å²) in [6.07, 6.45) is -0.675. The molecule has 0 amide bonds. The number of anilines is 1. The lowest BCUT2D eigenvalue weighted by Gasteiger charge is -2.18. The zero-order valence-electron chi connectivity index (χ0n) is 12.3. The second kappa shape index (κ2) is 7.33. The Morgan fingerprint density at radius 1 is 1.05 bits per heavy atom. The largest absolute Gasteiger partial charge is 0.513 e. The summed E-state index contributed by atoms with van der Waals surface area (Å²) >= 11 is 0. The van der Waals surface area contributed by atoms with Crippen molar-refractivity contribution in [2.45, 2.75) is 6.92 Å². The summed E-state index contributed by atoms with van der Waals surface area (Å²) in [6.45, 7) is 2.76. The van der Waals surface area contributed by atoms with Gasteiger partial charge in [0.1, 0.15) is 12.4 Å². The van der Waals surface area contributed by atoms with E-state index in [0.29, 0.717) is 12.3 Å². The van der Waals surface area contributed by atoms with E-state index in [9.17, 15) is 4.79 Å². The number of hydrogen-bond acceptors (Lipinski definition) is 4. The lowest BCUT2D eigenvalue weighted by Crippen LogP contribution is -2.24. The first-order valence-electron chi connectivity index (χ1n) is 6.83. The first-order valence-corrected chi connectivity index (χ1v) is 6.83. The number of nitrogens with zero attached hydrogens (tertiary/aromatic N) is 1. The van der Waals surface area contributed by atoms with Crippen LogP contribution in [-0.4, -0.2) is 26.4 Å². The van der Waals surface area contributed by atoms with E-state index < -0.39 is 6.16 Å². The van der Waals surface area contributed by atoms with E-state index in [2.05, 4.69) is 0 Å². The van der Waals surface area contributed by atoms with Crippen molar-refractivity contribution in [3.05, 3.63) is 60.2 Å². The predicted molar refractivity (Wildman–Crippen MR) is 82.9 cm³/mol. The molecule has 2 aromatic rings. The van der Waals surface area contributed by atoms with Crippen LogP contribution in [-0.2, 0) is 4.74 Å². The Labute approximate surface area is 124 Å². The number of likely N-dealkylation sites (N-methyl/N-ethyl adjacent to an activating group) is 1. The third-order valence-corrected chi connectivity index (χ3v) is 3.13. The number of carbonyl (C=O) groups is 1. The highest BCUT2D eigenvalue weighted by molar-refractivity contribution is 5.64. The Hall–Kier alpha value is -2.49. The molecule has 0 fully saturated rings. The van der Waals surface area contributed by atoms with Crippen molar-refractivity contribution >= 4 is 11.8 Å². The van der Waals surface area contributed by atoms with Crippen molar-refractivity contribution in [3.8, 4) is 5.75 Å². The maximum absolute atomic E-state index is 11.6. The Morgan fingerprint density at radius 3 is 2.43 bits per heavy atom. The van der Waals surface area contributed by atoms with E-state index in [1.54, 1.807) is 6.07 Å². The zero-order chi connectivity index (χ0) is 15.1. The summed E-state index contributed by atoms with van der Waals surface area (Å²) in [7, 11) is 1.95. The van der Waals surface area contributed by atoms with Crippen LogP contribution in [0.1, 0.15) is 5.56 Å². The van der Waals surface area contributed by atoms with E-state index in [1.807, 2.05) is 67.4 Å². The Bertz CT molecular complexity index is 584. The molecule has 0 unspecified atom stereocenters. The number of para-hydroxylation sites is 2. The molecule has 0 bridgehead atoms. The average Bonchev–Trinajstić information content (AvgIpc) is 2.50. The SMILES string of the molecule is Cc1ccccc1OC(=O)OCCN(C)c1ccccc1. The van der Waals surface area contributed by atoms with Gasteiger partial charge in [-0.15, -0.1) is 0 Å². The molecule has 0 heterocycles. The molecule has 4 heteroatoms. The first kappa shape index (κ1) is 14.9. The summed E-state index contributed by atoms with van der Waals surface area (Å²) < 4.78 is 10.2. The van der Waals surface area contributed by atoms with Crippen molar-refractivity contribution < 1.29 is 14.3 Å². The second-order valence-corrected chi connectivity index (χ2v) is 4.72. The van der Waals surface area contributed by atoms with Crippen LogP contribution in [0.15, 0.2) is 54.6 Å². The smallest absolute Gasteiger partial charge is 0.432 e. The second-order valence-electron chi connectivity index (χ2n) is 4.72. The number of ether oxygens (including phenoxy) is 2. The maximum Gasteiger partial charge on any atom is 0.513 e. The lowest BCUT2D eigenvalue weighted by molar-refractivity contribution is 0.101. The van der Waals surface area contributed by atoms with E-state index in [4.69, 9.17) is 9.47 Å². The van der Waals surface area contributed by atoms with E-state index >= 15 is 0 Å². The minimum Gasteiger partial charge on any atom is -0.432 e. The normalized spacial score (nSPS) is 10.0. The van der Waals surface area contributed by atoms with Gasteiger partial charge in [0.05, 0.1) is 6.54 Å². The Morgan fingerprint density at radius 2 is 1.71 bits per heavy atom. The molecule has 0 spiro atoms. The molecule has 4 nitrogen and oxygen atoms in total. The summed E-state index contributed by atoms with van der Waals surface area (Å²) in [5.41, 5.74) is 1.98. The van der Waals surface area contributed by atoms with Gasteiger partial charge in [-0.3, -0.25) is 0 Å². The molecule has 0 aliphatic carbocycles. The third kappa shape index (κ3) is 4.53. The van der Waals surface area contributed by atoms with Gasteiger partial charge in [0.15, 0.2) is 0 Å². The van der Waals surface area contributed by atoms with Crippen molar-refractivity contribution in [1.82, 2.24) is 0 Å². The van der Waals surface area contributed by atoms with Crippen molar-refractivity contribution in [2.24, 2.45) is 0 Å². The standard InChI is InChI=1S/C17H19NO3/c1-14-8-6-7-11-16(14)21-17(19)20-13-12-18(2)15-9-4-3-5-10-15/h3-11H,12-13H2,1-2H3. The molecule has 21 heavy (non-hydrogen) atoms. The Balaban J connectivity index is 1.76. The predicted octanol–water partition coefficient (Wildman–Crippen LogP) is 3.65. The highest BCUT2D eigenvalue weighted by Gasteiger charge is 2.08. The van der Waals surface area contributed by atoms with Crippen LogP contribution in [0.2, 0.25) is 0 Å². The minimum atomic E-state index is -0.675. The number of rotatable bonds is 5. The fourth-order valence-corrected chi connectivity index (χ4v) is 1.87. The molecule has 110 valence electrons. The molecule has 0 aliphatic heterocycles. The topological polar surface area (TPSA) is 38.8 Å². The van der Waals surface area contributed by atoms with Crippen molar-refractivity contribution in [1.29, 1.82) is 0 Å². The number of carbonyl (C=O) groups excluding carboxylic acids is 1. The first-order chi connectivity index (χ1) is 10.2. The van der Waals surface area contributed by atoms with Gasteiger partial charge in [-0.05, 0) is 30.7 Å². The highest BCUT2D eigenvalue weighted by atomic mass is 16.7. The quantitative estimate of drug-likeness (QED) is 0.621. The molecule has 2 aromatic carbocycles. The highest BCUT2D eigenvalue weighted by Crippen LogP contribution is 2.16. The van der Waals surface area contributed by atoms with E-state index in [1.165, 1.54) is 0 Å². The van der Waals surface area contributed by atoms with Crippen LogP contribution in [0.4, 0.5) is 10.5 Å². The van der Waals surface area contributed by atoms with E-state index in [0.717, 1.165) is 11.3 Å². The molecule has 2 rings (SSSR count). The van der Waals surface area contributed by atoms with Gasteiger partial charge in [0.25, 0.3) is 0 Å². The van der Waals surface area contributed by atoms with Gasteiger partial charge in [0.2, 0.25) is 0 Å². The van der Waals surface area contributed by atoms with Crippen LogP contribution < -0.4 is 9.64 Å². The molecule has 0 aromatic heterocycles. The fourth-order valence-electron chi connectivity index (χ4n) is 1.87. The van der Waals surface area contributed by atoms with Gasteiger partial charge >= 0.3 is 6.16 Å². The maximum atomic E-state index is 11.6. The molecular formula is C17H19NO3. The minimum absolute atomic E-state index is 0.274. The number of aryl methyl sites for hydroxylation is 1. The fraction of sp³-hybridized carbons (Fsp3) is 0.235. The van der Waals surface area contributed by atoms with Crippen LogP contribution in [0, 0.1) is 6.92 Å². The molecule has 0 N–H and O–H groups in total. The summed E-state index contributed by atoms with van der Waals surface area (Å²) in [5, 5.41) is 0. The van der Waals surface area contributed by atoms with Crippen LogP contribution in [0.25, 0.3) is 0 Å². The molecule has 0 aliphatic rings. The van der Waals surface area contributed by atoms with E-state index in [-0.39, 0.29) is 6.61 Å². The van der Waals surface area contributed by atoms with Crippen LogP contribution in [0.5, 0.6) is 5.75 Å². The van der Waals surface area contributed by atoms with Crippen LogP contribution in [0.3, 0.4) is 0 Å². The Kier molecular flexibility index (Phi) is 5.21. The zero-order valence-corrected chi connectivity index (χ0v) is 12.3. The van der Waals surface area contributed by atoms with Gasteiger partial charge in [0, 0.05) is 12.7 Å². The molecule has 0 atom stereocenters. The van der Waals surface area contributed by atoms with Crippen molar-refractivity contribution in [3.63, 3.8) is 0 Å². The number of hydrogen-bond donors (Lipinski definition) is 0. The molecule has 0 saturated carbocycles. The van der Waals surface area contributed by atoms with Crippen LogP contribution >= 0.6 is 0 Å². The lowest BCUT2D eigenvalue weighted by atomic mass is 10.2. The summed E-state index contributed by atoms with van der Waals surface area (Å²) in [6, 6.07) is 17.3. The summed E-state index contributed by atoms with van der Waals surface area (Å²) in [4.78, 5) is 13.6. The number of benzene rings is 2. The van der Waals surface area contributed by atoms with Gasteiger partial charge < -0.3 is 14.4 Å². The summed E-state index contributed by atoms with van der Waals surface area (Å²) in [5.74, 6) is 0.527. The average molecular weight is 285 g/mol. The molecular weight excluding hydrogens is 266 g/mol. The van der Waals surface area contributed by atoms with Gasteiger partial charge in [-0.25, -0.2) is 4.79 Å².